The average Bonchev–Trinajstić information content (AvgIpc) is 2.96. The van der Waals surface area contributed by atoms with E-state index in [1.54, 1.807) is 30.3 Å². The molecule has 0 unspecified atom stereocenters. The number of nitrogens with two attached hydrogens (primary N) is 1. The van der Waals surface area contributed by atoms with Gasteiger partial charge in [-0.2, -0.15) is 0 Å². The summed E-state index contributed by atoms with van der Waals surface area (Å²) in [7, 11) is -3.95. The van der Waals surface area contributed by atoms with Crippen LogP contribution in [0.1, 0.15) is 5.56 Å². The Bertz CT molecular complexity index is 1030. The van der Waals surface area contributed by atoms with Crippen LogP contribution in [-0.4, -0.2) is 19.3 Å². The number of thiazole rings is 1. The van der Waals surface area contributed by atoms with E-state index >= 15 is 0 Å². The van der Waals surface area contributed by atoms with E-state index in [0.717, 1.165) is 0 Å². The number of hydrogen-bond donors (Lipinski definition) is 2. The molecular weight excluding hydrogens is 370 g/mol. The minimum Gasteiger partial charge on any atom is -0.326 e. The molecule has 0 spiro atoms. The van der Waals surface area contributed by atoms with Crippen molar-refractivity contribution in [3.63, 3.8) is 0 Å². The highest BCUT2D eigenvalue weighted by atomic mass is 35.5. The van der Waals surface area contributed by atoms with Crippen LogP contribution in [-0.2, 0) is 21.2 Å². The SMILES string of the molecule is NS(=O)(=O)c1cc(NC(=O)Cc2ccccc2Cl)cc2scnc12. The Hall–Kier alpha value is -2.00. The van der Waals surface area contributed by atoms with Gasteiger partial charge in [0.05, 0.1) is 16.6 Å². The third-order valence-corrected chi connectivity index (χ3v) is 5.37. The second-order valence-corrected chi connectivity index (χ2v) is 7.86. The predicted molar refractivity (Wildman–Crippen MR) is 94.8 cm³/mol. The molecule has 1 amide bonds. The number of nitrogens with zero attached hydrogens (tertiary/aromatic N) is 1. The summed E-state index contributed by atoms with van der Waals surface area (Å²) in [6.07, 6.45) is 0.0745. The quantitative estimate of drug-likeness (QED) is 0.725. The molecule has 124 valence electrons. The number of hydrogen-bond acceptors (Lipinski definition) is 5. The normalized spacial score (nSPS) is 11.6. The van der Waals surface area contributed by atoms with Crippen molar-refractivity contribution >= 4 is 54.8 Å². The summed E-state index contributed by atoms with van der Waals surface area (Å²) in [4.78, 5) is 16.1. The van der Waals surface area contributed by atoms with Gasteiger partial charge in [0.15, 0.2) is 0 Å². The lowest BCUT2D eigenvalue weighted by Crippen LogP contribution is -2.16. The van der Waals surface area contributed by atoms with Crippen molar-refractivity contribution in [2.24, 2.45) is 5.14 Å². The molecule has 0 fully saturated rings. The lowest BCUT2D eigenvalue weighted by Gasteiger charge is -2.08. The van der Waals surface area contributed by atoms with Gasteiger partial charge in [-0.3, -0.25) is 4.79 Å². The first-order chi connectivity index (χ1) is 11.3. The van der Waals surface area contributed by atoms with Crippen LogP contribution in [0.4, 0.5) is 5.69 Å². The molecule has 1 heterocycles. The molecule has 0 atom stereocenters. The lowest BCUT2D eigenvalue weighted by atomic mass is 10.1. The van der Waals surface area contributed by atoms with E-state index in [0.29, 0.717) is 26.5 Å². The summed E-state index contributed by atoms with van der Waals surface area (Å²) in [6, 6.07) is 9.99. The number of carbonyl (C=O) groups excluding carboxylic acids is 1. The number of amides is 1. The van der Waals surface area contributed by atoms with Crippen LogP contribution in [0.25, 0.3) is 10.2 Å². The highest BCUT2D eigenvalue weighted by Gasteiger charge is 2.17. The van der Waals surface area contributed by atoms with Crippen LogP contribution in [0.15, 0.2) is 46.8 Å². The Morgan fingerprint density at radius 3 is 2.75 bits per heavy atom. The van der Waals surface area contributed by atoms with Crippen molar-refractivity contribution in [2.45, 2.75) is 11.3 Å². The molecule has 3 N–H and O–H groups in total. The van der Waals surface area contributed by atoms with E-state index in [1.807, 2.05) is 0 Å². The van der Waals surface area contributed by atoms with Gasteiger partial charge in [0, 0.05) is 10.7 Å². The van der Waals surface area contributed by atoms with E-state index in [2.05, 4.69) is 10.3 Å². The van der Waals surface area contributed by atoms with Crippen molar-refractivity contribution in [1.29, 1.82) is 0 Å². The summed E-state index contributed by atoms with van der Waals surface area (Å²) >= 11 is 7.30. The molecule has 0 radical (unpaired) electrons. The maximum atomic E-state index is 12.2. The summed E-state index contributed by atoms with van der Waals surface area (Å²) in [5.74, 6) is -0.313. The number of anilines is 1. The van der Waals surface area contributed by atoms with E-state index in [4.69, 9.17) is 16.7 Å². The van der Waals surface area contributed by atoms with E-state index in [-0.39, 0.29) is 17.2 Å². The van der Waals surface area contributed by atoms with E-state index in [9.17, 15) is 13.2 Å². The first kappa shape index (κ1) is 16.8. The van der Waals surface area contributed by atoms with Crippen LogP contribution in [0.2, 0.25) is 5.02 Å². The summed E-state index contributed by atoms with van der Waals surface area (Å²) < 4.78 is 24.1. The summed E-state index contributed by atoms with van der Waals surface area (Å²) in [5.41, 5.74) is 2.84. The number of primary sulfonamides is 1. The summed E-state index contributed by atoms with van der Waals surface area (Å²) in [6.45, 7) is 0. The summed E-state index contributed by atoms with van der Waals surface area (Å²) in [5, 5.41) is 8.40. The number of fused-ring (bicyclic) bond motifs is 1. The molecule has 3 rings (SSSR count). The van der Waals surface area contributed by atoms with Gasteiger partial charge in [0.2, 0.25) is 15.9 Å². The monoisotopic (exact) mass is 381 g/mol. The fraction of sp³-hybridized carbons (Fsp3) is 0.0667. The van der Waals surface area contributed by atoms with E-state index < -0.39 is 10.0 Å². The number of sulfonamides is 1. The topological polar surface area (TPSA) is 102 Å². The Kier molecular flexibility index (Phi) is 4.55. The van der Waals surface area contributed by atoms with Gasteiger partial charge in [-0.05, 0) is 23.8 Å². The molecule has 1 aromatic heterocycles. The Morgan fingerprint density at radius 1 is 1.29 bits per heavy atom. The minimum atomic E-state index is -3.95. The van der Waals surface area contributed by atoms with Gasteiger partial charge in [-0.1, -0.05) is 29.8 Å². The minimum absolute atomic E-state index is 0.0745. The Balaban J connectivity index is 1.90. The molecule has 9 heteroatoms. The van der Waals surface area contributed by atoms with Crippen molar-refractivity contribution in [2.75, 3.05) is 5.32 Å². The van der Waals surface area contributed by atoms with Gasteiger partial charge in [-0.15, -0.1) is 11.3 Å². The molecule has 0 aliphatic rings. The fourth-order valence-corrected chi connectivity index (χ4v) is 3.98. The Labute approximate surface area is 147 Å². The van der Waals surface area contributed by atoms with Crippen LogP contribution < -0.4 is 10.5 Å². The highest BCUT2D eigenvalue weighted by molar-refractivity contribution is 7.89. The number of nitrogens with one attached hydrogen (secondary N) is 1. The third-order valence-electron chi connectivity index (χ3n) is 3.30. The Morgan fingerprint density at radius 2 is 2.04 bits per heavy atom. The maximum Gasteiger partial charge on any atom is 0.240 e. The third kappa shape index (κ3) is 3.57. The number of aromatic nitrogens is 1. The van der Waals surface area contributed by atoms with E-state index in [1.165, 1.54) is 22.9 Å². The molecule has 0 bridgehead atoms. The highest BCUT2D eigenvalue weighted by Crippen LogP contribution is 2.28. The molecule has 0 saturated heterocycles. The van der Waals surface area contributed by atoms with Crippen LogP contribution in [0.5, 0.6) is 0 Å². The smallest absolute Gasteiger partial charge is 0.240 e. The molecule has 2 aromatic carbocycles. The number of halogens is 1. The van der Waals surface area contributed by atoms with Gasteiger partial charge in [0.25, 0.3) is 0 Å². The number of rotatable bonds is 4. The molecule has 0 aliphatic carbocycles. The van der Waals surface area contributed by atoms with Crippen LogP contribution in [0.3, 0.4) is 0 Å². The van der Waals surface area contributed by atoms with Gasteiger partial charge in [-0.25, -0.2) is 18.5 Å². The fourth-order valence-electron chi connectivity index (χ4n) is 2.24. The first-order valence-electron chi connectivity index (χ1n) is 6.78. The predicted octanol–water partition coefficient (Wildman–Crippen LogP) is 2.78. The largest absolute Gasteiger partial charge is 0.326 e. The van der Waals surface area contributed by atoms with Crippen LogP contribution in [0, 0.1) is 0 Å². The second kappa shape index (κ2) is 6.48. The average molecular weight is 382 g/mol. The zero-order valence-corrected chi connectivity index (χ0v) is 14.6. The van der Waals surface area contributed by atoms with Gasteiger partial charge >= 0.3 is 0 Å². The zero-order chi connectivity index (χ0) is 17.3. The van der Waals surface area contributed by atoms with Gasteiger partial charge in [0.1, 0.15) is 10.4 Å². The zero-order valence-electron chi connectivity index (χ0n) is 12.2. The molecule has 24 heavy (non-hydrogen) atoms. The second-order valence-electron chi connectivity index (χ2n) is 5.03. The van der Waals surface area contributed by atoms with Crippen molar-refractivity contribution in [3.8, 4) is 0 Å². The van der Waals surface area contributed by atoms with Crippen molar-refractivity contribution < 1.29 is 13.2 Å². The molecule has 3 aromatic rings. The molecule has 0 aliphatic heterocycles. The number of carbonyl (C=O) groups is 1. The lowest BCUT2D eigenvalue weighted by molar-refractivity contribution is -0.115. The molecular formula is C15H12ClN3O3S2. The molecule has 0 saturated carbocycles. The van der Waals surface area contributed by atoms with Crippen molar-refractivity contribution in [3.05, 3.63) is 52.5 Å². The maximum absolute atomic E-state index is 12.2. The van der Waals surface area contributed by atoms with Gasteiger partial charge < -0.3 is 5.32 Å². The standard InChI is InChI=1S/C15H12ClN3O3S2/c16-11-4-2-1-3-9(11)5-14(20)19-10-6-12-15(18-8-23-12)13(7-10)24(17,21)22/h1-4,6-8H,5H2,(H,19,20)(H2,17,21,22). The van der Waals surface area contributed by atoms with Crippen LogP contribution >= 0.6 is 22.9 Å². The van der Waals surface area contributed by atoms with Crippen molar-refractivity contribution in [1.82, 2.24) is 4.98 Å². The molecule has 6 nitrogen and oxygen atoms in total. The first-order valence-corrected chi connectivity index (χ1v) is 9.58. The number of benzene rings is 2.